The third-order valence-electron chi connectivity index (χ3n) is 4.88. The first-order chi connectivity index (χ1) is 13.7. The number of benzene rings is 1. The molecule has 0 radical (unpaired) electrons. The number of ether oxygens (including phenoxy) is 1. The lowest BCUT2D eigenvalue weighted by molar-refractivity contribution is 0.370. The normalized spacial score (nSPS) is 14.9. The molecule has 1 aliphatic heterocycles. The lowest BCUT2D eigenvalue weighted by Gasteiger charge is -2.36. The Hall–Kier alpha value is -2.83. The molecule has 0 unspecified atom stereocenters. The molecule has 1 aromatic carbocycles. The Kier molecular flexibility index (Phi) is 7.06. The number of piperazine rings is 1. The van der Waals surface area contributed by atoms with Crippen LogP contribution in [0.5, 0.6) is 5.75 Å². The molecule has 7 heteroatoms. The zero-order chi connectivity index (χ0) is 19.8. The van der Waals surface area contributed by atoms with Gasteiger partial charge in [0.2, 0.25) is 5.95 Å². The first kappa shape index (κ1) is 19.9. The van der Waals surface area contributed by atoms with Crippen LogP contribution in [0, 0.1) is 6.92 Å². The van der Waals surface area contributed by atoms with Crippen LogP contribution in [0.2, 0.25) is 0 Å². The quantitative estimate of drug-likeness (QED) is 0.610. The smallest absolute Gasteiger partial charge is 0.225 e. The first-order valence-electron chi connectivity index (χ1n) is 9.90. The van der Waals surface area contributed by atoms with Gasteiger partial charge in [0.25, 0.3) is 0 Å². The van der Waals surface area contributed by atoms with Crippen molar-refractivity contribution in [2.24, 2.45) is 4.99 Å². The zero-order valence-corrected chi connectivity index (χ0v) is 17.1. The molecule has 1 N–H and O–H groups in total. The van der Waals surface area contributed by atoms with E-state index < -0.39 is 0 Å². The van der Waals surface area contributed by atoms with Gasteiger partial charge in [0.1, 0.15) is 5.75 Å². The number of nitrogens with zero attached hydrogens (tertiary/aromatic N) is 5. The zero-order valence-electron chi connectivity index (χ0n) is 17.1. The summed E-state index contributed by atoms with van der Waals surface area (Å²) in [6.45, 7) is 9.37. The van der Waals surface area contributed by atoms with Crippen molar-refractivity contribution in [3.63, 3.8) is 0 Å². The SMILES string of the molecule is CCNC(=NCCc1ccc(C)c(OC)c1)N1CCN(c2ncccn2)CC1. The number of rotatable bonds is 6. The molecular weight excluding hydrogens is 352 g/mol. The molecule has 150 valence electrons. The van der Waals surface area contributed by atoms with Gasteiger partial charge >= 0.3 is 0 Å². The largest absolute Gasteiger partial charge is 0.496 e. The molecule has 2 heterocycles. The minimum Gasteiger partial charge on any atom is -0.496 e. The Bertz CT molecular complexity index is 772. The van der Waals surface area contributed by atoms with E-state index in [1.54, 1.807) is 19.5 Å². The van der Waals surface area contributed by atoms with Crippen LogP contribution in [0.3, 0.4) is 0 Å². The first-order valence-corrected chi connectivity index (χ1v) is 9.90. The van der Waals surface area contributed by atoms with Crippen molar-refractivity contribution in [1.82, 2.24) is 20.2 Å². The molecule has 0 atom stereocenters. The third kappa shape index (κ3) is 5.12. The molecular formula is C21H30N6O. The summed E-state index contributed by atoms with van der Waals surface area (Å²) >= 11 is 0. The molecule has 3 rings (SSSR count). The summed E-state index contributed by atoms with van der Waals surface area (Å²) in [6.07, 6.45) is 4.48. The minimum atomic E-state index is 0.747. The van der Waals surface area contributed by atoms with Crippen molar-refractivity contribution in [2.45, 2.75) is 20.3 Å². The second-order valence-corrected chi connectivity index (χ2v) is 6.81. The third-order valence-corrected chi connectivity index (χ3v) is 4.88. The molecule has 2 aromatic rings. The maximum absolute atomic E-state index is 5.42. The molecule has 0 aliphatic carbocycles. The van der Waals surface area contributed by atoms with Gasteiger partial charge in [-0.3, -0.25) is 4.99 Å². The predicted octanol–water partition coefficient (Wildman–Crippen LogP) is 2.12. The Morgan fingerprint density at radius 3 is 2.61 bits per heavy atom. The summed E-state index contributed by atoms with van der Waals surface area (Å²) in [5.41, 5.74) is 2.40. The number of nitrogens with one attached hydrogen (secondary N) is 1. The number of anilines is 1. The van der Waals surface area contributed by atoms with E-state index in [1.807, 2.05) is 6.07 Å². The van der Waals surface area contributed by atoms with Gasteiger partial charge in [0, 0.05) is 51.7 Å². The van der Waals surface area contributed by atoms with Gasteiger partial charge in [-0.25, -0.2) is 9.97 Å². The molecule has 0 bridgehead atoms. The number of aryl methyl sites for hydroxylation is 1. The molecule has 1 aliphatic rings. The van der Waals surface area contributed by atoms with Crippen LogP contribution >= 0.6 is 0 Å². The van der Waals surface area contributed by atoms with Gasteiger partial charge in [-0.15, -0.1) is 0 Å². The number of hydrogen-bond donors (Lipinski definition) is 1. The van der Waals surface area contributed by atoms with Crippen molar-refractivity contribution >= 4 is 11.9 Å². The molecule has 0 amide bonds. The van der Waals surface area contributed by atoms with E-state index in [0.717, 1.165) is 68.9 Å². The van der Waals surface area contributed by atoms with Crippen LogP contribution in [0.1, 0.15) is 18.1 Å². The van der Waals surface area contributed by atoms with Gasteiger partial charge < -0.3 is 19.9 Å². The highest BCUT2D eigenvalue weighted by Gasteiger charge is 2.20. The number of aliphatic imine (C=N–C) groups is 1. The number of guanidine groups is 1. The average Bonchev–Trinajstić information content (AvgIpc) is 2.75. The van der Waals surface area contributed by atoms with Crippen molar-refractivity contribution < 1.29 is 4.74 Å². The van der Waals surface area contributed by atoms with E-state index >= 15 is 0 Å². The Morgan fingerprint density at radius 2 is 1.93 bits per heavy atom. The molecule has 0 spiro atoms. The van der Waals surface area contributed by atoms with E-state index in [4.69, 9.17) is 9.73 Å². The summed E-state index contributed by atoms with van der Waals surface area (Å²) < 4.78 is 5.42. The summed E-state index contributed by atoms with van der Waals surface area (Å²) in [5, 5.41) is 3.43. The van der Waals surface area contributed by atoms with Crippen molar-refractivity contribution in [3.8, 4) is 5.75 Å². The van der Waals surface area contributed by atoms with Crippen LogP contribution in [-0.4, -0.2) is 67.2 Å². The van der Waals surface area contributed by atoms with Gasteiger partial charge in [-0.05, 0) is 43.5 Å². The van der Waals surface area contributed by atoms with Crippen molar-refractivity contribution in [3.05, 3.63) is 47.8 Å². The predicted molar refractivity (Wildman–Crippen MR) is 113 cm³/mol. The van der Waals surface area contributed by atoms with Crippen molar-refractivity contribution in [1.29, 1.82) is 0 Å². The summed E-state index contributed by atoms with van der Waals surface area (Å²) in [7, 11) is 1.72. The van der Waals surface area contributed by atoms with Gasteiger partial charge in [-0.2, -0.15) is 0 Å². The molecule has 1 fully saturated rings. The lowest BCUT2D eigenvalue weighted by Crippen LogP contribution is -2.53. The highest BCUT2D eigenvalue weighted by Crippen LogP contribution is 2.19. The van der Waals surface area contributed by atoms with Crippen molar-refractivity contribution in [2.75, 3.05) is 51.3 Å². The fraction of sp³-hybridized carbons (Fsp3) is 0.476. The second-order valence-electron chi connectivity index (χ2n) is 6.81. The fourth-order valence-corrected chi connectivity index (χ4v) is 3.31. The highest BCUT2D eigenvalue weighted by molar-refractivity contribution is 5.80. The minimum absolute atomic E-state index is 0.747. The monoisotopic (exact) mass is 382 g/mol. The summed E-state index contributed by atoms with van der Waals surface area (Å²) in [6, 6.07) is 8.21. The van der Waals surface area contributed by atoms with E-state index in [9.17, 15) is 0 Å². The Labute approximate surface area is 167 Å². The molecule has 28 heavy (non-hydrogen) atoms. The van der Waals surface area contributed by atoms with Crippen LogP contribution in [0.4, 0.5) is 5.95 Å². The van der Waals surface area contributed by atoms with E-state index in [2.05, 4.69) is 57.1 Å². The summed E-state index contributed by atoms with van der Waals surface area (Å²) in [4.78, 5) is 18.1. The molecule has 7 nitrogen and oxygen atoms in total. The van der Waals surface area contributed by atoms with Gasteiger partial charge in [0.15, 0.2) is 5.96 Å². The summed E-state index contributed by atoms with van der Waals surface area (Å²) in [5.74, 6) is 2.72. The topological polar surface area (TPSA) is 65.9 Å². The van der Waals surface area contributed by atoms with E-state index in [1.165, 1.54) is 5.56 Å². The highest BCUT2D eigenvalue weighted by atomic mass is 16.5. The van der Waals surface area contributed by atoms with Crippen LogP contribution < -0.4 is 15.0 Å². The maximum Gasteiger partial charge on any atom is 0.225 e. The second kappa shape index (κ2) is 9.92. The van der Waals surface area contributed by atoms with E-state index in [-0.39, 0.29) is 0 Å². The molecule has 1 aromatic heterocycles. The van der Waals surface area contributed by atoms with Crippen LogP contribution in [-0.2, 0) is 6.42 Å². The van der Waals surface area contributed by atoms with Gasteiger partial charge in [-0.1, -0.05) is 12.1 Å². The number of hydrogen-bond acceptors (Lipinski definition) is 5. The van der Waals surface area contributed by atoms with Crippen LogP contribution in [0.15, 0.2) is 41.7 Å². The number of methoxy groups -OCH3 is 1. The Morgan fingerprint density at radius 1 is 1.18 bits per heavy atom. The lowest BCUT2D eigenvalue weighted by atomic mass is 10.1. The van der Waals surface area contributed by atoms with E-state index in [0.29, 0.717) is 0 Å². The average molecular weight is 383 g/mol. The Balaban J connectivity index is 1.57. The standard InChI is InChI=1S/C21H30N6O/c1-4-22-20(25-11-8-18-7-6-17(2)19(16-18)28-3)26-12-14-27(15-13-26)21-23-9-5-10-24-21/h5-7,9-10,16H,4,8,11-15H2,1-3H3,(H,22,25). The molecule has 1 saturated heterocycles. The number of aromatic nitrogens is 2. The molecule has 0 saturated carbocycles. The maximum atomic E-state index is 5.42. The van der Waals surface area contributed by atoms with Crippen LogP contribution in [0.25, 0.3) is 0 Å². The van der Waals surface area contributed by atoms with Gasteiger partial charge in [0.05, 0.1) is 7.11 Å². The fourth-order valence-electron chi connectivity index (χ4n) is 3.31.